The molecule has 1 rings (SSSR count). The summed E-state index contributed by atoms with van der Waals surface area (Å²) in [7, 11) is -4.38. The van der Waals surface area contributed by atoms with Gasteiger partial charge in [-0.1, -0.05) is 0 Å². The van der Waals surface area contributed by atoms with Gasteiger partial charge >= 0.3 is 33.2 Å². The van der Waals surface area contributed by atoms with E-state index in [1.165, 1.54) is 0 Å². The van der Waals surface area contributed by atoms with E-state index in [1.54, 1.807) is 0 Å². The van der Waals surface area contributed by atoms with Crippen LogP contribution in [-0.4, -0.2) is 43.9 Å². The van der Waals surface area contributed by atoms with Gasteiger partial charge in [0, 0.05) is 0 Å². The fourth-order valence-corrected chi connectivity index (χ4v) is 1.68. The predicted octanol–water partition coefficient (Wildman–Crippen LogP) is 3.97. The van der Waals surface area contributed by atoms with Crippen LogP contribution in [0.25, 0.3) is 0 Å². The second-order valence-electron chi connectivity index (χ2n) is 3.69. The average molecular weight is 374 g/mol. The lowest BCUT2D eigenvalue weighted by Crippen LogP contribution is -2.41. The van der Waals surface area contributed by atoms with Gasteiger partial charge in [0.1, 0.15) is 6.10 Å². The molecule has 0 bridgehead atoms. The van der Waals surface area contributed by atoms with Crippen molar-refractivity contribution < 1.29 is 62.2 Å². The van der Waals surface area contributed by atoms with Crippen LogP contribution in [0.2, 0.25) is 0 Å². The molecule has 0 spiro atoms. The zero-order valence-corrected chi connectivity index (χ0v) is 10.7. The molecule has 0 aliphatic carbocycles. The van der Waals surface area contributed by atoms with E-state index in [2.05, 4.69) is 18.3 Å². The minimum atomic E-state index is -6.37. The number of hydrogen-bond acceptors (Lipinski definition) is 4. The van der Waals surface area contributed by atoms with E-state index in [4.69, 9.17) is 0 Å². The fourth-order valence-electron chi connectivity index (χ4n) is 0.670. The van der Waals surface area contributed by atoms with Gasteiger partial charge in [0.2, 0.25) is 0 Å². The third kappa shape index (κ3) is 5.33. The molecule has 1 heterocycles. The summed E-state index contributed by atoms with van der Waals surface area (Å²) in [5.74, 6) is 0. The Morgan fingerprint density at radius 1 is 0.818 bits per heavy atom. The van der Waals surface area contributed by atoms with E-state index in [0.717, 1.165) is 0 Å². The molecule has 0 saturated carbocycles. The molecular weight excluding hydrogens is 369 g/mol. The van der Waals surface area contributed by atoms with Crippen LogP contribution in [0.3, 0.4) is 0 Å². The Balaban J connectivity index is 2.79. The second-order valence-corrected chi connectivity index (χ2v) is 4.76. The molecule has 132 valence electrons. The summed E-state index contributed by atoms with van der Waals surface area (Å²) in [5.41, 5.74) is 0. The van der Waals surface area contributed by atoms with Crippen molar-refractivity contribution in [2.75, 3.05) is 13.2 Å². The number of halogens is 10. The maximum Gasteiger partial charge on any atom is 0.483 e. The van der Waals surface area contributed by atoms with Gasteiger partial charge in [0.25, 0.3) is 0 Å². The van der Waals surface area contributed by atoms with Crippen LogP contribution < -0.4 is 0 Å². The fraction of sp³-hybridized carbons (Fsp3) is 1.00. The highest BCUT2D eigenvalue weighted by atomic mass is 31.2. The standard InChI is InChI=1S/C7H5F10O4P/c8-4(9,10)6(14,15)20-22(19-2-3-1-18-3)21-7(16,17)5(11,12)13/h3H,1-2H2. The first-order valence-electron chi connectivity index (χ1n) is 4.98. The first kappa shape index (κ1) is 19.6. The average Bonchev–Trinajstić information content (AvgIpc) is 3.05. The van der Waals surface area contributed by atoms with Crippen LogP contribution in [0.15, 0.2) is 0 Å². The van der Waals surface area contributed by atoms with Crippen molar-refractivity contribution >= 4 is 8.60 Å². The van der Waals surface area contributed by atoms with E-state index < -0.39 is 45.9 Å². The monoisotopic (exact) mass is 374 g/mol. The molecule has 0 aromatic carbocycles. The maximum absolute atomic E-state index is 12.5. The number of ether oxygens (including phenoxy) is 1. The zero-order chi connectivity index (χ0) is 17.4. The Labute approximate surface area is 116 Å². The quantitative estimate of drug-likeness (QED) is 0.384. The summed E-state index contributed by atoms with van der Waals surface area (Å²) in [6.45, 7) is -0.915. The van der Waals surface area contributed by atoms with Gasteiger partial charge in [-0.05, 0) is 0 Å². The van der Waals surface area contributed by atoms with E-state index in [-0.39, 0.29) is 6.61 Å². The first-order valence-corrected chi connectivity index (χ1v) is 6.07. The molecule has 1 aliphatic heterocycles. The van der Waals surface area contributed by atoms with Crippen LogP contribution in [0, 0.1) is 0 Å². The van der Waals surface area contributed by atoms with Gasteiger partial charge in [-0.3, -0.25) is 0 Å². The minimum Gasteiger partial charge on any atom is -0.371 e. The van der Waals surface area contributed by atoms with Crippen LogP contribution in [0.4, 0.5) is 43.9 Å². The Kier molecular flexibility index (Phi) is 5.55. The summed E-state index contributed by atoms with van der Waals surface area (Å²) in [6, 6.07) is 0. The third-order valence-electron chi connectivity index (χ3n) is 1.81. The lowest BCUT2D eigenvalue weighted by Gasteiger charge is -2.27. The topological polar surface area (TPSA) is 40.2 Å². The van der Waals surface area contributed by atoms with Crippen LogP contribution in [-0.2, 0) is 18.3 Å². The summed E-state index contributed by atoms with van der Waals surface area (Å²) in [6.07, 6.45) is -25.7. The predicted molar refractivity (Wildman–Crippen MR) is 46.8 cm³/mol. The first-order chi connectivity index (χ1) is 9.66. The molecule has 4 nitrogen and oxygen atoms in total. The van der Waals surface area contributed by atoms with Crippen LogP contribution in [0.5, 0.6) is 0 Å². The van der Waals surface area contributed by atoms with E-state index in [1.807, 2.05) is 0 Å². The van der Waals surface area contributed by atoms with Crippen molar-refractivity contribution in [3.63, 3.8) is 0 Å². The molecule has 1 aliphatic rings. The molecule has 1 saturated heterocycles. The Morgan fingerprint density at radius 2 is 1.18 bits per heavy atom. The van der Waals surface area contributed by atoms with Gasteiger partial charge in [-0.15, -0.1) is 0 Å². The van der Waals surface area contributed by atoms with Crippen molar-refractivity contribution in [2.24, 2.45) is 0 Å². The molecule has 1 atom stereocenters. The van der Waals surface area contributed by atoms with Crippen molar-refractivity contribution in [3.05, 3.63) is 0 Å². The largest absolute Gasteiger partial charge is 0.483 e. The lowest BCUT2D eigenvalue weighted by molar-refractivity contribution is -0.382. The molecular formula is C7H5F10O4P. The number of epoxide rings is 1. The summed E-state index contributed by atoms with van der Waals surface area (Å²) >= 11 is 0. The summed E-state index contributed by atoms with van der Waals surface area (Å²) in [4.78, 5) is 0. The highest BCUT2D eigenvalue weighted by Crippen LogP contribution is 2.55. The number of rotatable bonds is 7. The smallest absolute Gasteiger partial charge is 0.371 e. The molecule has 0 aromatic rings. The molecule has 22 heavy (non-hydrogen) atoms. The van der Waals surface area contributed by atoms with Crippen LogP contribution in [0.1, 0.15) is 0 Å². The van der Waals surface area contributed by atoms with Crippen molar-refractivity contribution in [3.8, 4) is 0 Å². The van der Waals surface area contributed by atoms with Gasteiger partial charge < -0.3 is 9.26 Å². The number of alkyl halides is 10. The van der Waals surface area contributed by atoms with Crippen LogP contribution >= 0.6 is 8.60 Å². The van der Waals surface area contributed by atoms with Crippen molar-refractivity contribution in [1.29, 1.82) is 0 Å². The van der Waals surface area contributed by atoms with E-state index in [9.17, 15) is 43.9 Å². The second kappa shape index (κ2) is 6.23. The van der Waals surface area contributed by atoms with Crippen molar-refractivity contribution in [1.82, 2.24) is 0 Å². The molecule has 1 fully saturated rings. The lowest BCUT2D eigenvalue weighted by atomic mass is 10.5. The molecule has 0 N–H and O–H groups in total. The summed E-state index contributed by atoms with van der Waals surface area (Å²) in [5, 5.41) is 0. The third-order valence-corrected chi connectivity index (χ3v) is 2.92. The van der Waals surface area contributed by atoms with Gasteiger partial charge in [0.05, 0.1) is 13.2 Å². The molecule has 1 unspecified atom stereocenters. The highest BCUT2D eigenvalue weighted by Gasteiger charge is 2.65. The maximum atomic E-state index is 12.5. The minimum absolute atomic E-state index is 0.0471. The van der Waals surface area contributed by atoms with E-state index in [0.29, 0.717) is 0 Å². The normalized spacial score (nSPS) is 20.6. The Hall–Kier alpha value is -0.430. The Bertz CT molecular complexity index is 350. The van der Waals surface area contributed by atoms with Gasteiger partial charge in [0.15, 0.2) is 0 Å². The number of hydrogen-bond donors (Lipinski definition) is 0. The summed E-state index contributed by atoms with van der Waals surface area (Å²) < 4.78 is 135. The molecule has 0 aromatic heterocycles. The van der Waals surface area contributed by atoms with Gasteiger partial charge in [-0.2, -0.15) is 43.9 Å². The Morgan fingerprint density at radius 3 is 1.45 bits per heavy atom. The zero-order valence-electron chi connectivity index (χ0n) is 9.85. The van der Waals surface area contributed by atoms with Crippen molar-refractivity contribution in [2.45, 2.75) is 30.7 Å². The van der Waals surface area contributed by atoms with E-state index >= 15 is 0 Å². The van der Waals surface area contributed by atoms with Gasteiger partial charge in [-0.25, -0.2) is 9.05 Å². The SMILES string of the molecule is FC(F)(F)C(F)(F)OP(OCC1CO1)OC(F)(F)C(F)(F)F. The molecule has 15 heteroatoms. The molecule has 0 amide bonds. The highest BCUT2D eigenvalue weighted by molar-refractivity contribution is 7.41. The molecule has 0 radical (unpaired) electrons.